The summed E-state index contributed by atoms with van der Waals surface area (Å²) in [6.45, 7) is 3.74. The van der Waals surface area contributed by atoms with Gasteiger partial charge in [0.2, 0.25) is 0 Å². The van der Waals surface area contributed by atoms with Crippen molar-refractivity contribution in [1.82, 2.24) is 5.32 Å². The van der Waals surface area contributed by atoms with Gasteiger partial charge < -0.3 is 14.8 Å². The van der Waals surface area contributed by atoms with Gasteiger partial charge in [0.15, 0.2) is 6.61 Å². The third kappa shape index (κ3) is 4.35. The topological polar surface area (TPSA) is 64.6 Å². The summed E-state index contributed by atoms with van der Waals surface area (Å²) in [4.78, 5) is 23.8. The summed E-state index contributed by atoms with van der Waals surface area (Å²) < 4.78 is 10.2. The highest BCUT2D eigenvalue weighted by Gasteiger charge is 2.15. The molecule has 0 saturated heterocycles. The zero-order valence-electron chi connectivity index (χ0n) is 14.0. The number of carbonyl (C=O) groups is 2. The number of esters is 1. The lowest BCUT2D eigenvalue weighted by Gasteiger charge is -2.17. The van der Waals surface area contributed by atoms with Crippen LogP contribution in [0.2, 0.25) is 0 Å². The molecule has 2 rings (SSSR count). The molecule has 0 aliphatic carbocycles. The van der Waals surface area contributed by atoms with Crippen LogP contribution in [0, 0.1) is 6.92 Å². The molecule has 0 radical (unpaired) electrons. The van der Waals surface area contributed by atoms with Crippen LogP contribution in [0.4, 0.5) is 0 Å². The van der Waals surface area contributed by atoms with Gasteiger partial charge in [-0.15, -0.1) is 0 Å². The first-order chi connectivity index (χ1) is 11.5. The summed E-state index contributed by atoms with van der Waals surface area (Å²) in [5.41, 5.74) is 2.46. The largest absolute Gasteiger partial charge is 0.483 e. The van der Waals surface area contributed by atoms with Crippen LogP contribution < -0.4 is 10.1 Å². The molecule has 1 N–H and O–H groups in total. The van der Waals surface area contributed by atoms with Gasteiger partial charge in [-0.3, -0.25) is 4.79 Å². The molecular weight excluding hydrogens is 306 g/mol. The lowest BCUT2D eigenvalue weighted by molar-refractivity contribution is -0.123. The number of amides is 1. The van der Waals surface area contributed by atoms with Gasteiger partial charge in [0, 0.05) is 0 Å². The minimum Gasteiger partial charge on any atom is -0.483 e. The van der Waals surface area contributed by atoms with Crippen molar-refractivity contribution >= 4 is 11.9 Å². The zero-order valence-corrected chi connectivity index (χ0v) is 14.0. The van der Waals surface area contributed by atoms with Crippen molar-refractivity contribution in [1.29, 1.82) is 0 Å². The first-order valence-corrected chi connectivity index (χ1v) is 7.68. The van der Waals surface area contributed by atoms with E-state index in [1.807, 2.05) is 38.1 Å². The van der Waals surface area contributed by atoms with Gasteiger partial charge in [0.05, 0.1) is 13.2 Å². The van der Waals surface area contributed by atoms with Gasteiger partial charge in [-0.2, -0.15) is 0 Å². The second-order valence-electron chi connectivity index (χ2n) is 5.42. The molecule has 0 bridgehead atoms. The van der Waals surface area contributed by atoms with E-state index in [0.717, 1.165) is 11.1 Å². The lowest BCUT2D eigenvalue weighted by Crippen LogP contribution is -2.31. The van der Waals surface area contributed by atoms with Crippen LogP contribution in [0.1, 0.15) is 34.5 Å². The van der Waals surface area contributed by atoms with Gasteiger partial charge in [-0.1, -0.05) is 36.4 Å². The summed E-state index contributed by atoms with van der Waals surface area (Å²) >= 11 is 0. The van der Waals surface area contributed by atoms with Crippen molar-refractivity contribution < 1.29 is 19.1 Å². The summed E-state index contributed by atoms with van der Waals surface area (Å²) in [5.74, 6) is -0.437. The summed E-state index contributed by atoms with van der Waals surface area (Å²) in [7, 11) is 1.30. The Morgan fingerprint density at radius 2 is 1.75 bits per heavy atom. The maximum Gasteiger partial charge on any atom is 0.341 e. The van der Waals surface area contributed by atoms with Crippen LogP contribution in [0.25, 0.3) is 0 Å². The average molecular weight is 327 g/mol. The Morgan fingerprint density at radius 3 is 2.46 bits per heavy atom. The van der Waals surface area contributed by atoms with E-state index in [-0.39, 0.29) is 18.6 Å². The summed E-state index contributed by atoms with van der Waals surface area (Å²) in [6, 6.07) is 14.4. The van der Waals surface area contributed by atoms with E-state index >= 15 is 0 Å². The minimum absolute atomic E-state index is 0.127. The second-order valence-corrected chi connectivity index (χ2v) is 5.42. The average Bonchev–Trinajstić information content (AvgIpc) is 2.59. The minimum atomic E-state index is -0.501. The Labute approximate surface area is 141 Å². The van der Waals surface area contributed by atoms with E-state index in [1.165, 1.54) is 7.11 Å². The van der Waals surface area contributed by atoms with Crippen molar-refractivity contribution in [2.75, 3.05) is 13.7 Å². The molecule has 24 heavy (non-hydrogen) atoms. The number of benzene rings is 2. The molecule has 2 aromatic rings. The Morgan fingerprint density at radius 1 is 1.08 bits per heavy atom. The fraction of sp³-hybridized carbons (Fsp3) is 0.263. The lowest BCUT2D eigenvalue weighted by atomic mass is 10.0. The first kappa shape index (κ1) is 17.5. The number of methoxy groups -OCH3 is 1. The predicted octanol–water partition coefficient (Wildman–Crippen LogP) is 3.04. The Kier molecular flexibility index (Phi) is 5.95. The van der Waals surface area contributed by atoms with E-state index in [0.29, 0.717) is 11.3 Å². The maximum atomic E-state index is 12.1. The van der Waals surface area contributed by atoms with E-state index in [2.05, 4.69) is 5.32 Å². The van der Waals surface area contributed by atoms with E-state index in [1.54, 1.807) is 24.3 Å². The fourth-order valence-corrected chi connectivity index (χ4v) is 2.45. The Bertz CT molecular complexity index is 727. The normalized spacial score (nSPS) is 11.5. The molecule has 2 aromatic carbocycles. The zero-order chi connectivity index (χ0) is 17.5. The number of hydrogen-bond acceptors (Lipinski definition) is 4. The number of para-hydroxylation sites is 1. The number of ether oxygens (including phenoxy) is 2. The van der Waals surface area contributed by atoms with Crippen LogP contribution in [0.3, 0.4) is 0 Å². The Balaban J connectivity index is 1.97. The predicted molar refractivity (Wildman–Crippen MR) is 91.0 cm³/mol. The van der Waals surface area contributed by atoms with Gasteiger partial charge in [-0.05, 0) is 37.1 Å². The van der Waals surface area contributed by atoms with Crippen molar-refractivity contribution in [2.24, 2.45) is 0 Å². The molecule has 1 atom stereocenters. The van der Waals surface area contributed by atoms with E-state index < -0.39 is 5.97 Å². The summed E-state index contributed by atoms with van der Waals surface area (Å²) in [6.07, 6.45) is 0. The van der Waals surface area contributed by atoms with Crippen LogP contribution in [0.5, 0.6) is 5.75 Å². The molecule has 5 nitrogen and oxygen atoms in total. The molecule has 0 unspecified atom stereocenters. The smallest absolute Gasteiger partial charge is 0.341 e. The first-order valence-electron chi connectivity index (χ1n) is 7.68. The number of aryl methyl sites for hydroxylation is 1. The second kappa shape index (κ2) is 8.15. The van der Waals surface area contributed by atoms with Gasteiger partial charge in [0.1, 0.15) is 11.3 Å². The molecule has 0 saturated carbocycles. The van der Waals surface area contributed by atoms with Crippen molar-refractivity contribution in [3.05, 3.63) is 65.2 Å². The van der Waals surface area contributed by atoms with Crippen molar-refractivity contribution in [3.63, 3.8) is 0 Å². The molecule has 0 aliphatic rings. The monoisotopic (exact) mass is 327 g/mol. The quantitative estimate of drug-likeness (QED) is 0.828. The molecule has 0 fully saturated rings. The van der Waals surface area contributed by atoms with Crippen molar-refractivity contribution in [2.45, 2.75) is 19.9 Å². The van der Waals surface area contributed by atoms with Gasteiger partial charge >= 0.3 is 5.97 Å². The molecule has 0 heterocycles. The van der Waals surface area contributed by atoms with Crippen LogP contribution in [-0.2, 0) is 9.53 Å². The fourth-order valence-electron chi connectivity index (χ4n) is 2.45. The molecular formula is C19H21NO4. The number of carbonyl (C=O) groups excluding carboxylic acids is 2. The van der Waals surface area contributed by atoms with Gasteiger partial charge in [-0.25, -0.2) is 4.79 Å². The third-order valence-corrected chi connectivity index (χ3v) is 3.68. The van der Waals surface area contributed by atoms with Crippen LogP contribution in [0.15, 0.2) is 48.5 Å². The summed E-state index contributed by atoms with van der Waals surface area (Å²) in [5, 5.41) is 2.89. The Hall–Kier alpha value is -2.82. The third-order valence-electron chi connectivity index (χ3n) is 3.68. The SMILES string of the molecule is COC(=O)c1ccccc1OCC(=O)N[C@H](C)c1ccccc1C. The highest BCUT2D eigenvalue weighted by molar-refractivity contribution is 5.92. The molecule has 0 spiro atoms. The maximum absolute atomic E-state index is 12.1. The molecule has 0 aromatic heterocycles. The van der Waals surface area contributed by atoms with Crippen LogP contribution in [-0.4, -0.2) is 25.6 Å². The number of rotatable bonds is 6. The van der Waals surface area contributed by atoms with Crippen molar-refractivity contribution in [3.8, 4) is 5.75 Å². The molecule has 5 heteroatoms. The van der Waals surface area contributed by atoms with E-state index in [4.69, 9.17) is 9.47 Å². The standard InChI is InChI=1S/C19H21NO4/c1-13-8-4-5-9-15(13)14(2)20-18(21)12-24-17-11-7-6-10-16(17)19(22)23-3/h4-11,14H,12H2,1-3H3,(H,20,21)/t14-/m1/s1. The molecule has 126 valence electrons. The van der Waals surface area contributed by atoms with Crippen LogP contribution >= 0.6 is 0 Å². The van der Waals surface area contributed by atoms with E-state index in [9.17, 15) is 9.59 Å². The number of nitrogens with one attached hydrogen (secondary N) is 1. The molecule has 1 amide bonds. The molecule has 0 aliphatic heterocycles. The highest BCUT2D eigenvalue weighted by atomic mass is 16.5. The highest BCUT2D eigenvalue weighted by Crippen LogP contribution is 2.19. The van der Waals surface area contributed by atoms with Gasteiger partial charge in [0.25, 0.3) is 5.91 Å². The number of hydrogen-bond donors (Lipinski definition) is 1.